The van der Waals surface area contributed by atoms with Gasteiger partial charge in [-0.15, -0.1) is 0 Å². The Balaban J connectivity index is 1.74. The van der Waals surface area contributed by atoms with E-state index in [0.29, 0.717) is 27.9 Å². The van der Waals surface area contributed by atoms with E-state index >= 15 is 0 Å². The highest BCUT2D eigenvalue weighted by Crippen LogP contribution is 2.26. The van der Waals surface area contributed by atoms with Crippen molar-refractivity contribution in [3.8, 4) is 16.6 Å². The van der Waals surface area contributed by atoms with Gasteiger partial charge in [-0.05, 0) is 59.3 Å². The summed E-state index contributed by atoms with van der Waals surface area (Å²) in [5.74, 6) is 0.618. The van der Waals surface area contributed by atoms with Crippen LogP contribution in [0.25, 0.3) is 16.9 Å². The van der Waals surface area contributed by atoms with Gasteiger partial charge in [0.2, 0.25) is 4.73 Å². The summed E-state index contributed by atoms with van der Waals surface area (Å²) in [5.41, 5.74) is 2.06. The third-order valence-corrected chi connectivity index (χ3v) is 4.87. The lowest BCUT2D eigenvalue weighted by Gasteiger charge is -2.05. The fourth-order valence-corrected chi connectivity index (χ4v) is 3.57. The van der Waals surface area contributed by atoms with Crippen LogP contribution in [0.4, 0.5) is 0 Å². The summed E-state index contributed by atoms with van der Waals surface area (Å²) in [6, 6.07) is 10.9. The van der Waals surface area contributed by atoms with Crippen molar-refractivity contribution in [3.05, 3.63) is 57.8 Å². The second-order valence-corrected chi connectivity index (χ2v) is 6.56. The number of fused-ring (bicyclic) bond motifs is 1. The first-order valence-electron chi connectivity index (χ1n) is 7.51. The van der Waals surface area contributed by atoms with Crippen molar-refractivity contribution in [2.45, 2.75) is 13.5 Å². The number of rotatable bonds is 4. The molecule has 7 nitrogen and oxygen atoms in total. The van der Waals surface area contributed by atoms with Crippen LogP contribution in [-0.2, 0) is 6.54 Å². The molecule has 0 bridgehead atoms. The zero-order valence-corrected chi connectivity index (χ0v) is 15.5. The van der Waals surface area contributed by atoms with Crippen molar-refractivity contribution in [1.29, 1.82) is 0 Å². The molecule has 126 valence electrons. The summed E-state index contributed by atoms with van der Waals surface area (Å²) in [5, 5.41) is 0.445. The maximum Gasteiger partial charge on any atom is 0.334 e. The zero-order chi connectivity index (χ0) is 17.4. The van der Waals surface area contributed by atoms with Crippen molar-refractivity contribution in [2.24, 2.45) is 0 Å². The quantitative estimate of drug-likeness (QED) is 0.506. The molecule has 0 saturated carbocycles. The molecule has 0 atom stereocenters. The normalized spacial score (nSPS) is 11.1. The summed E-state index contributed by atoms with van der Waals surface area (Å²) < 4.78 is 13.4. The molecule has 0 aliphatic carbocycles. The van der Waals surface area contributed by atoms with E-state index in [1.807, 2.05) is 31.2 Å². The van der Waals surface area contributed by atoms with Crippen molar-refractivity contribution in [3.63, 3.8) is 0 Å². The molecule has 0 fully saturated rings. The molecule has 0 amide bonds. The minimum atomic E-state index is -0.113. The van der Waals surface area contributed by atoms with Gasteiger partial charge in [-0.25, -0.2) is 14.3 Å². The Labute approximate surface area is 154 Å². The Bertz CT molecular complexity index is 1100. The molecule has 9 heteroatoms. The summed E-state index contributed by atoms with van der Waals surface area (Å²) in [7, 11) is 0. The van der Waals surface area contributed by atoms with Crippen LogP contribution >= 0.6 is 27.5 Å². The number of nitrogens with zero attached hydrogens (tertiary/aromatic N) is 5. The van der Waals surface area contributed by atoms with Gasteiger partial charge in [-0.3, -0.25) is 4.57 Å². The molecule has 0 aliphatic heterocycles. The number of aromatic nitrogens is 5. The van der Waals surface area contributed by atoms with E-state index in [9.17, 15) is 4.79 Å². The lowest BCUT2D eigenvalue weighted by molar-refractivity contribution is 0.478. The molecule has 0 unspecified atom stereocenters. The Morgan fingerprint density at radius 2 is 2.04 bits per heavy atom. The van der Waals surface area contributed by atoms with Gasteiger partial charge in [0.15, 0.2) is 5.65 Å². The minimum absolute atomic E-state index is 0.113. The van der Waals surface area contributed by atoms with Gasteiger partial charge in [-0.2, -0.15) is 9.36 Å². The van der Waals surface area contributed by atoms with Crippen LogP contribution in [0, 0.1) is 0 Å². The molecule has 0 spiro atoms. The lowest BCUT2D eigenvalue weighted by atomic mass is 10.3. The number of hydrogen-bond donors (Lipinski definition) is 0. The van der Waals surface area contributed by atoms with Gasteiger partial charge in [0, 0.05) is 24.3 Å². The Kier molecular flexibility index (Phi) is 4.10. The highest BCUT2D eigenvalue weighted by atomic mass is 79.9. The van der Waals surface area contributed by atoms with Crippen LogP contribution in [0.5, 0.6) is 10.9 Å². The fourth-order valence-electron chi connectivity index (χ4n) is 2.62. The van der Waals surface area contributed by atoms with Crippen LogP contribution in [0.15, 0.2) is 52.1 Å². The van der Waals surface area contributed by atoms with E-state index in [-0.39, 0.29) is 5.69 Å². The Hall–Kier alpha value is -2.52. The van der Waals surface area contributed by atoms with E-state index in [4.69, 9.17) is 4.74 Å². The molecule has 3 aromatic heterocycles. The minimum Gasteiger partial charge on any atom is -0.430 e. The van der Waals surface area contributed by atoms with Crippen LogP contribution in [0.2, 0.25) is 0 Å². The second-order valence-electron chi connectivity index (χ2n) is 5.13. The molecule has 4 rings (SSSR count). The Morgan fingerprint density at radius 1 is 1.24 bits per heavy atom. The van der Waals surface area contributed by atoms with E-state index < -0.39 is 0 Å². The monoisotopic (exact) mass is 417 g/mol. The van der Waals surface area contributed by atoms with E-state index in [2.05, 4.69) is 30.3 Å². The summed E-state index contributed by atoms with van der Waals surface area (Å²) in [4.78, 5) is 21.2. The summed E-state index contributed by atoms with van der Waals surface area (Å²) >= 11 is 4.35. The highest BCUT2D eigenvalue weighted by Gasteiger charge is 2.14. The molecule has 3 heterocycles. The number of halogens is 1. The molecule has 0 N–H and O–H groups in total. The standard InChI is InChI=1S/C16H12BrN5O2S/c1-2-21-12-4-3-9-18-13(12)22(16(21)23)10-5-7-11(8-6-10)24-15-19-14(17)20-25-15/h3-9H,2H2,1H3. The van der Waals surface area contributed by atoms with E-state index in [1.54, 1.807) is 27.5 Å². The predicted molar refractivity (Wildman–Crippen MR) is 98.7 cm³/mol. The van der Waals surface area contributed by atoms with Gasteiger partial charge in [-0.1, -0.05) is 0 Å². The number of hydrogen-bond acceptors (Lipinski definition) is 6. The number of ether oxygens (including phenoxy) is 1. The maximum absolute atomic E-state index is 12.7. The van der Waals surface area contributed by atoms with Crippen molar-refractivity contribution in [1.82, 2.24) is 23.5 Å². The van der Waals surface area contributed by atoms with E-state index in [1.165, 1.54) is 0 Å². The lowest BCUT2D eigenvalue weighted by Crippen LogP contribution is -2.22. The van der Waals surface area contributed by atoms with Crippen LogP contribution in [-0.4, -0.2) is 23.5 Å². The first-order chi connectivity index (χ1) is 12.2. The summed E-state index contributed by atoms with van der Waals surface area (Å²) in [6.07, 6.45) is 1.68. The van der Waals surface area contributed by atoms with Crippen molar-refractivity contribution < 1.29 is 4.74 Å². The van der Waals surface area contributed by atoms with Gasteiger partial charge < -0.3 is 4.74 Å². The molecule has 0 saturated heterocycles. The van der Waals surface area contributed by atoms with Gasteiger partial charge in [0.25, 0.3) is 5.19 Å². The van der Waals surface area contributed by atoms with Crippen molar-refractivity contribution in [2.75, 3.05) is 0 Å². The van der Waals surface area contributed by atoms with Gasteiger partial charge in [0.05, 0.1) is 11.2 Å². The SMILES string of the molecule is CCn1c(=O)n(-c2ccc(Oc3nc(Br)ns3)cc2)c2ncccc21. The number of pyridine rings is 1. The third-order valence-electron chi connectivity index (χ3n) is 3.69. The zero-order valence-electron chi connectivity index (χ0n) is 13.1. The topological polar surface area (TPSA) is 74.8 Å². The summed E-state index contributed by atoms with van der Waals surface area (Å²) in [6.45, 7) is 2.52. The highest BCUT2D eigenvalue weighted by molar-refractivity contribution is 9.10. The van der Waals surface area contributed by atoms with Crippen LogP contribution < -0.4 is 10.4 Å². The molecular weight excluding hydrogens is 406 g/mol. The smallest absolute Gasteiger partial charge is 0.334 e. The van der Waals surface area contributed by atoms with E-state index in [0.717, 1.165) is 22.7 Å². The van der Waals surface area contributed by atoms with Crippen LogP contribution in [0.3, 0.4) is 0 Å². The third kappa shape index (κ3) is 2.85. The Morgan fingerprint density at radius 3 is 2.72 bits per heavy atom. The number of aryl methyl sites for hydroxylation is 1. The number of benzene rings is 1. The molecular formula is C16H12BrN5O2S. The average molecular weight is 418 g/mol. The molecule has 25 heavy (non-hydrogen) atoms. The van der Waals surface area contributed by atoms with Crippen molar-refractivity contribution >= 4 is 38.6 Å². The first-order valence-corrected chi connectivity index (χ1v) is 9.08. The maximum atomic E-state index is 12.7. The van der Waals surface area contributed by atoms with Crippen LogP contribution in [0.1, 0.15) is 6.92 Å². The molecule has 0 aliphatic rings. The number of imidazole rings is 1. The second kappa shape index (κ2) is 6.41. The molecule has 1 aromatic carbocycles. The van der Waals surface area contributed by atoms with Gasteiger partial charge >= 0.3 is 5.69 Å². The fraction of sp³-hybridized carbons (Fsp3) is 0.125. The predicted octanol–water partition coefficient (Wildman–Crippen LogP) is 3.61. The first kappa shape index (κ1) is 16.0. The van der Waals surface area contributed by atoms with Gasteiger partial charge in [0.1, 0.15) is 5.75 Å². The largest absolute Gasteiger partial charge is 0.430 e. The molecule has 4 aromatic rings. The average Bonchev–Trinajstić information content (AvgIpc) is 3.15. The molecule has 0 radical (unpaired) electrons.